The van der Waals surface area contributed by atoms with Gasteiger partial charge in [0, 0.05) is 30.8 Å². The number of hydrogen-bond acceptors (Lipinski definition) is 3. The number of carbonyl (C=O) groups excluding carboxylic acids is 1. The molecule has 1 aliphatic rings. The summed E-state index contributed by atoms with van der Waals surface area (Å²) in [6.45, 7) is 10.7. The molecule has 0 aromatic heterocycles. The molecule has 0 fully saturated rings. The van der Waals surface area contributed by atoms with Gasteiger partial charge in [-0.25, -0.2) is 9.87 Å². The molecular weight excluding hydrogens is 271 g/mol. The van der Waals surface area contributed by atoms with Crippen molar-refractivity contribution in [2.24, 2.45) is 5.92 Å². The van der Waals surface area contributed by atoms with E-state index < -0.39 is 5.91 Å². The number of nitrogens with zero attached hydrogens (tertiary/aromatic N) is 1. The standard InChI is InChI=1S/C14H19FN2O2.C2H6/c1-9(2)7-17-4-3-10-5-11(14(18)16-19)6-13(15)12(10)8-17;1-2/h5-6,9,19H,3-4,7-8H2,1-2H3,(H,16,18);1-2H3. The van der Waals surface area contributed by atoms with Gasteiger partial charge in [0.2, 0.25) is 0 Å². The first-order valence-electron chi connectivity index (χ1n) is 7.49. The summed E-state index contributed by atoms with van der Waals surface area (Å²) in [6.07, 6.45) is 0.728. The Kier molecular flexibility index (Phi) is 6.78. The number of amides is 1. The van der Waals surface area contributed by atoms with Gasteiger partial charge >= 0.3 is 0 Å². The van der Waals surface area contributed by atoms with Gasteiger partial charge in [-0.05, 0) is 30.0 Å². The SMILES string of the molecule is CC.CC(C)CN1CCc2cc(C(=O)NO)cc(F)c2C1. The molecule has 0 atom stereocenters. The Morgan fingerprint density at radius 3 is 2.67 bits per heavy atom. The molecule has 4 nitrogen and oxygen atoms in total. The molecule has 1 amide bonds. The summed E-state index contributed by atoms with van der Waals surface area (Å²) < 4.78 is 14.1. The quantitative estimate of drug-likeness (QED) is 0.666. The minimum absolute atomic E-state index is 0.163. The van der Waals surface area contributed by atoms with Crippen LogP contribution >= 0.6 is 0 Å². The van der Waals surface area contributed by atoms with Crippen molar-refractivity contribution in [2.45, 2.75) is 40.7 Å². The van der Waals surface area contributed by atoms with Crippen molar-refractivity contribution in [3.8, 4) is 0 Å². The van der Waals surface area contributed by atoms with Crippen LogP contribution in [0.2, 0.25) is 0 Å². The van der Waals surface area contributed by atoms with Crippen LogP contribution in [0.15, 0.2) is 12.1 Å². The van der Waals surface area contributed by atoms with Crippen LogP contribution in [-0.4, -0.2) is 29.1 Å². The highest BCUT2D eigenvalue weighted by atomic mass is 19.1. The molecule has 118 valence electrons. The van der Waals surface area contributed by atoms with Crippen LogP contribution in [0.4, 0.5) is 4.39 Å². The van der Waals surface area contributed by atoms with Crippen LogP contribution in [0, 0.1) is 11.7 Å². The molecule has 1 aliphatic heterocycles. The van der Waals surface area contributed by atoms with Crippen LogP contribution in [0.5, 0.6) is 0 Å². The number of hydrogen-bond donors (Lipinski definition) is 2. The number of carbonyl (C=O) groups is 1. The van der Waals surface area contributed by atoms with E-state index in [0.717, 1.165) is 25.1 Å². The third kappa shape index (κ3) is 4.51. The lowest BCUT2D eigenvalue weighted by Crippen LogP contribution is -2.34. The summed E-state index contributed by atoms with van der Waals surface area (Å²) in [6, 6.07) is 2.85. The lowest BCUT2D eigenvalue weighted by atomic mass is 9.96. The van der Waals surface area contributed by atoms with Crippen molar-refractivity contribution in [1.29, 1.82) is 0 Å². The van der Waals surface area contributed by atoms with E-state index in [9.17, 15) is 9.18 Å². The Hall–Kier alpha value is -1.46. The number of nitrogens with one attached hydrogen (secondary N) is 1. The van der Waals surface area contributed by atoms with E-state index in [-0.39, 0.29) is 11.4 Å². The second kappa shape index (κ2) is 8.10. The summed E-state index contributed by atoms with van der Waals surface area (Å²) in [4.78, 5) is 13.5. The van der Waals surface area contributed by atoms with E-state index in [1.54, 1.807) is 6.07 Å². The summed E-state index contributed by atoms with van der Waals surface area (Å²) in [5.74, 6) is -0.500. The van der Waals surface area contributed by atoms with Gasteiger partial charge in [0.05, 0.1) is 0 Å². The highest BCUT2D eigenvalue weighted by molar-refractivity contribution is 5.93. The van der Waals surface area contributed by atoms with Gasteiger partial charge in [-0.1, -0.05) is 27.7 Å². The number of hydroxylamine groups is 1. The molecule has 0 saturated carbocycles. The molecule has 2 rings (SSSR count). The third-order valence-electron chi connectivity index (χ3n) is 3.35. The van der Waals surface area contributed by atoms with E-state index in [4.69, 9.17) is 5.21 Å². The minimum Gasteiger partial charge on any atom is -0.298 e. The van der Waals surface area contributed by atoms with E-state index in [0.29, 0.717) is 18.0 Å². The second-order valence-electron chi connectivity index (χ2n) is 5.42. The van der Waals surface area contributed by atoms with Gasteiger partial charge in [-0.3, -0.25) is 14.9 Å². The number of fused-ring (bicyclic) bond motifs is 1. The van der Waals surface area contributed by atoms with Crippen molar-refractivity contribution >= 4 is 5.91 Å². The number of benzene rings is 1. The van der Waals surface area contributed by atoms with Crippen LogP contribution in [0.25, 0.3) is 0 Å². The highest BCUT2D eigenvalue weighted by Gasteiger charge is 2.22. The number of rotatable bonds is 3. The molecule has 21 heavy (non-hydrogen) atoms. The average molecular weight is 296 g/mol. The molecule has 1 aromatic rings. The first kappa shape index (κ1) is 17.6. The van der Waals surface area contributed by atoms with Crippen molar-refractivity contribution < 1.29 is 14.4 Å². The molecule has 1 aromatic carbocycles. The molecule has 5 heteroatoms. The predicted molar refractivity (Wildman–Crippen MR) is 80.8 cm³/mol. The van der Waals surface area contributed by atoms with Crippen LogP contribution in [0.1, 0.15) is 49.2 Å². The lowest BCUT2D eigenvalue weighted by Gasteiger charge is -2.30. The largest absolute Gasteiger partial charge is 0.298 e. The number of halogens is 1. The van der Waals surface area contributed by atoms with Crippen LogP contribution < -0.4 is 5.48 Å². The maximum absolute atomic E-state index is 14.1. The van der Waals surface area contributed by atoms with Crippen LogP contribution in [0.3, 0.4) is 0 Å². The summed E-state index contributed by atoms with van der Waals surface area (Å²) in [7, 11) is 0. The molecule has 0 spiro atoms. The zero-order valence-corrected chi connectivity index (χ0v) is 13.2. The Morgan fingerprint density at radius 2 is 2.10 bits per heavy atom. The minimum atomic E-state index is -0.675. The fraction of sp³-hybridized carbons (Fsp3) is 0.562. The van der Waals surface area contributed by atoms with Crippen LogP contribution in [-0.2, 0) is 13.0 Å². The summed E-state index contributed by atoms with van der Waals surface area (Å²) in [5.41, 5.74) is 3.22. The van der Waals surface area contributed by atoms with Gasteiger partial charge in [0.25, 0.3) is 5.91 Å². The van der Waals surface area contributed by atoms with Gasteiger partial charge in [-0.2, -0.15) is 0 Å². The van der Waals surface area contributed by atoms with E-state index >= 15 is 0 Å². The predicted octanol–water partition coefficient (Wildman–Crippen LogP) is 2.99. The molecule has 1 heterocycles. The lowest BCUT2D eigenvalue weighted by molar-refractivity contribution is 0.0705. The van der Waals surface area contributed by atoms with E-state index in [1.807, 2.05) is 13.8 Å². The topological polar surface area (TPSA) is 52.6 Å². The van der Waals surface area contributed by atoms with E-state index in [1.165, 1.54) is 11.5 Å². The smallest absolute Gasteiger partial charge is 0.274 e. The highest BCUT2D eigenvalue weighted by Crippen LogP contribution is 2.24. The molecule has 0 radical (unpaired) electrons. The molecular formula is C16H25FN2O2. The van der Waals surface area contributed by atoms with Gasteiger partial charge < -0.3 is 0 Å². The fourth-order valence-corrected chi connectivity index (χ4v) is 2.54. The fourth-order valence-electron chi connectivity index (χ4n) is 2.54. The first-order valence-corrected chi connectivity index (χ1v) is 7.49. The van der Waals surface area contributed by atoms with Crippen molar-refractivity contribution in [3.63, 3.8) is 0 Å². The molecule has 2 N–H and O–H groups in total. The van der Waals surface area contributed by atoms with Crippen molar-refractivity contribution in [1.82, 2.24) is 10.4 Å². The third-order valence-corrected chi connectivity index (χ3v) is 3.35. The molecule has 0 aliphatic carbocycles. The van der Waals surface area contributed by atoms with Gasteiger partial charge in [0.15, 0.2) is 0 Å². The molecule has 0 bridgehead atoms. The molecule has 0 saturated heterocycles. The zero-order valence-electron chi connectivity index (χ0n) is 13.2. The molecule has 0 unspecified atom stereocenters. The zero-order chi connectivity index (χ0) is 16.0. The Bertz CT molecular complexity index is 489. The normalized spacial score (nSPS) is 14.2. The Morgan fingerprint density at radius 1 is 1.43 bits per heavy atom. The monoisotopic (exact) mass is 296 g/mol. The summed E-state index contributed by atoms with van der Waals surface area (Å²) in [5, 5.41) is 8.59. The maximum Gasteiger partial charge on any atom is 0.274 e. The average Bonchev–Trinajstić information content (AvgIpc) is 2.48. The summed E-state index contributed by atoms with van der Waals surface area (Å²) >= 11 is 0. The van der Waals surface area contributed by atoms with Gasteiger partial charge in [-0.15, -0.1) is 0 Å². The first-order chi connectivity index (χ1) is 10.0. The van der Waals surface area contributed by atoms with E-state index in [2.05, 4.69) is 18.7 Å². The van der Waals surface area contributed by atoms with Crippen molar-refractivity contribution in [2.75, 3.05) is 13.1 Å². The second-order valence-corrected chi connectivity index (χ2v) is 5.42. The maximum atomic E-state index is 14.1. The Balaban J connectivity index is 0.00000106. The van der Waals surface area contributed by atoms with Crippen molar-refractivity contribution in [3.05, 3.63) is 34.6 Å². The Labute approximate surface area is 125 Å². The van der Waals surface area contributed by atoms with Gasteiger partial charge in [0.1, 0.15) is 5.82 Å².